The van der Waals surface area contributed by atoms with Gasteiger partial charge in [-0.05, 0) is 61.7 Å². The molecule has 0 bridgehead atoms. The van der Waals surface area contributed by atoms with E-state index in [4.69, 9.17) is 9.94 Å². The van der Waals surface area contributed by atoms with Gasteiger partial charge in [0.25, 0.3) is 0 Å². The van der Waals surface area contributed by atoms with Crippen molar-refractivity contribution in [2.24, 2.45) is 5.16 Å². The second-order valence-electron chi connectivity index (χ2n) is 5.04. The molecule has 4 heteroatoms. The van der Waals surface area contributed by atoms with Gasteiger partial charge in [0.15, 0.2) is 0 Å². The summed E-state index contributed by atoms with van der Waals surface area (Å²) in [5.41, 5.74) is 3.99. The number of hydrogen-bond donors (Lipinski definition) is 1. The number of aryl methyl sites for hydroxylation is 2. The summed E-state index contributed by atoms with van der Waals surface area (Å²) in [7, 11) is 0. The van der Waals surface area contributed by atoms with Crippen LogP contribution in [0.2, 0.25) is 0 Å². The van der Waals surface area contributed by atoms with Gasteiger partial charge in [-0.2, -0.15) is 0 Å². The van der Waals surface area contributed by atoms with E-state index in [1.165, 1.54) is 12.1 Å². The minimum atomic E-state index is -0.281. The van der Waals surface area contributed by atoms with Crippen LogP contribution in [-0.4, -0.2) is 10.9 Å². The van der Waals surface area contributed by atoms with Crippen LogP contribution in [0.4, 0.5) is 4.39 Å². The van der Waals surface area contributed by atoms with Crippen LogP contribution in [0.15, 0.2) is 41.6 Å². The summed E-state index contributed by atoms with van der Waals surface area (Å²) in [4.78, 5) is 0. The molecule has 0 atom stereocenters. The van der Waals surface area contributed by atoms with Gasteiger partial charge in [0, 0.05) is 5.56 Å². The quantitative estimate of drug-likeness (QED) is 0.519. The zero-order valence-electron chi connectivity index (χ0n) is 12.4. The molecule has 0 amide bonds. The highest BCUT2D eigenvalue weighted by Gasteiger charge is 2.09. The maximum absolute atomic E-state index is 13.3. The lowest BCUT2D eigenvalue weighted by atomic mass is 10.1. The van der Waals surface area contributed by atoms with E-state index in [0.29, 0.717) is 11.5 Å². The fourth-order valence-corrected chi connectivity index (χ4v) is 2.05. The molecular weight excluding hydrogens is 269 g/mol. The molecular formula is C17H18FNO2. The van der Waals surface area contributed by atoms with Gasteiger partial charge in [-0.1, -0.05) is 17.3 Å². The van der Waals surface area contributed by atoms with E-state index in [1.807, 2.05) is 32.0 Å². The van der Waals surface area contributed by atoms with Crippen molar-refractivity contribution < 1.29 is 14.3 Å². The van der Waals surface area contributed by atoms with Crippen LogP contribution >= 0.6 is 0 Å². The SMILES string of the molecule is C/C(=N/O)c1ccc(C)cc1OCc1cc(F)ccc1C. The molecule has 0 saturated carbocycles. The lowest BCUT2D eigenvalue weighted by molar-refractivity contribution is 0.302. The molecule has 0 aliphatic rings. The smallest absolute Gasteiger partial charge is 0.129 e. The van der Waals surface area contributed by atoms with E-state index < -0.39 is 0 Å². The Balaban J connectivity index is 2.27. The lowest BCUT2D eigenvalue weighted by Gasteiger charge is -2.13. The predicted molar refractivity (Wildman–Crippen MR) is 80.6 cm³/mol. The Kier molecular flexibility index (Phi) is 4.58. The summed E-state index contributed by atoms with van der Waals surface area (Å²) in [6.07, 6.45) is 0. The van der Waals surface area contributed by atoms with Gasteiger partial charge in [0.1, 0.15) is 18.2 Å². The van der Waals surface area contributed by atoms with Crippen LogP contribution in [-0.2, 0) is 6.61 Å². The van der Waals surface area contributed by atoms with Crippen molar-refractivity contribution >= 4 is 5.71 Å². The number of benzene rings is 2. The maximum Gasteiger partial charge on any atom is 0.129 e. The largest absolute Gasteiger partial charge is 0.488 e. The van der Waals surface area contributed by atoms with E-state index >= 15 is 0 Å². The number of ether oxygens (including phenoxy) is 1. The highest BCUT2D eigenvalue weighted by molar-refractivity contribution is 6.00. The van der Waals surface area contributed by atoms with Crippen LogP contribution in [0.25, 0.3) is 0 Å². The Morgan fingerprint density at radius 2 is 1.95 bits per heavy atom. The Morgan fingerprint density at radius 3 is 2.67 bits per heavy atom. The summed E-state index contributed by atoms with van der Waals surface area (Å²) in [5.74, 6) is 0.339. The second kappa shape index (κ2) is 6.39. The average molecular weight is 287 g/mol. The van der Waals surface area contributed by atoms with Crippen molar-refractivity contribution in [2.45, 2.75) is 27.4 Å². The van der Waals surface area contributed by atoms with Crippen LogP contribution in [0.5, 0.6) is 5.75 Å². The van der Waals surface area contributed by atoms with Crippen molar-refractivity contribution in [3.05, 3.63) is 64.5 Å². The van der Waals surface area contributed by atoms with Crippen molar-refractivity contribution in [1.82, 2.24) is 0 Å². The average Bonchev–Trinajstić information content (AvgIpc) is 2.47. The predicted octanol–water partition coefficient (Wildman–Crippen LogP) is 4.22. The van der Waals surface area contributed by atoms with Gasteiger partial charge in [-0.25, -0.2) is 4.39 Å². The highest BCUT2D eigenvalue weighted by Crippen LogP contribution is 2.23. The van der Waals surface area contributed by atoms with E-state index in [2.05, 4.69) is 5.16 Å². The van der Waals surface area contributed by atoms with Crippen LogP contribution < -0.4 is 4.74 Å². The first-order valence-corrected chi connectivity index (χ1v) is 6.69. The third kappa shape index (κ3) is 3.60. The Morgan fingerprint density at radius 1 is 1.19 bits per heavy atom. The lowest BCUT2D eigenvalue weighted by Crippen LogP contribution is -2.04. The molecule has 0 unspecified atom stereocenters. The van der Waals surface area contributed by atoms with E-state index in [-0.39, 0.29) is 12.4 Å². The van der Waals surface area contributed by atoms with Gasteiger partial charge < -0.3 is 9.94 Å². The van der Waals surface area contributed by atoms with Gasteiger partial charge >= 0.3 is 0 Å². The first-order valence-electron chi connectivity index (χ1n) is 6.69. The molecule has 0 spiro atoms. The van der Waals surface area contributed by atoms with Crippen LogP contribution in [0, 0.1) is 19.7 Å². The summed E-state index contributed by atoms with van der Waals surface area (Å²) in [5, 5.41) is 12.1. The Hall–Kier alpha value is -2.36. The zero-order valence-corrected chi connectivity index (χ0v) is 12.4. The number of halogens is 1. The van der Waals surface area contributed by atoms with Crippen molar-refractivity contribution in [3.63, 3.8) is 0 Å². The monoisotopic (exact) mass is 287 g/mol. The van der Waals surface area contributed by atoms with E-state index in [0.717, 1.165) is 22.3 Å². The normalized spacial score (nSPS) is 11.5. The molecule has 3 nitrogen and oxygen atoms in total. The van der Waals surface area contributed by atoms with Gasteiger partial charge in [0.2, 0.25) is 0 Å². The Labute approximate surface area is 123 Å². The fourth-order valence-electron chi connectivity index (χ4n) is 2.05. The van der Waals surface area contributed by atoms with E-state index in [9.17, 15) is 4.39 Å². The molecule has 0 aliphatic carbocycles. The minimum absolute atomic E-state index is 0.263. The molecule has 1 N–H and O–H groups in total. The van der Waals surface area contributed by atoms with E-state index in [1.54, 1.807) is 13.0 Å². The Bertz CT molecular complexity index is 680. The molecule has 2 aromatic rings. The molecule has 2 rings (SSSR count). The maximum atomic E-state index is 13.3. The summed E-state index contributed by atoms with van der Waals surface area (Å²) in [6.45, 7) is 5.83. The van der Waals surface area contributed by atoms with Crippen LogP contribution in [0.3, 0.4) is 0 Å². The van der Waals surface area contributed by atoms with Crippen molar-refractivity contribution in [1.29, 1.82) is 0 Å². The van der Waals surface area contributed by atoms with Crippen molar-refractivity contribution in [3.8, 4) is 5.75 Å². The molecule has 0 saturated heterocycles. The molecule has 2 aromatic carbocycles. The van der Waals surface area contributed by atoms with Gasteiger partial charge in [0.05, 0.1) is 5.71 Å². The molecule has 0 aromatic heterocycles. The van der Waals surface area contributed by atoms with Crippen LogP contribution in [0.1, 0.15) is 29.2 Å². The topological polar surface area (TPSA) is 41.8 Å². The number of hydrogen-bond acceptors (Lipinski definition) is 3. The molecule has 0 aliphatic heterocycles. The van der Waals surface area contributed by atoms with Gasteiger partial charge in [-0.3, -0.25) is 0 Å². The summed E-state index contributed by atoms with van der Waals surface area (Å²) in [6, 6.07) is 10.3. The molecule has 110 valence electrons. The highest BCUT2D eigenvalue weighted by atomic mass is 19.1. The number of nitrogens with zero attached hydrogens (tertiary/aromatic N) is 1. The zero-order chi connectivity index (χ0) is 15.4. The molecule has 0 fully saturated rings. The first-order chi connectivity index (χ1) is 10.0. The van der Waals surface area contributed by atoms with Gasteiger partial charge in [-0.15, -0.1) is 0 Å². The first kappa shape index (κ1) is 15.0. The third-order valence-electron chi connectivity index (χ3n) is 3.37. The molecule has 0 radical (unpaired) electrons. The third-order valence-corrected chi connectivity index (χ3v) is 3.37. The fraction of sp³-hybridized carbons (Fsp3) is 0.235. The summed E-state index contributed by atoms with van der Waals surface area (Å²) < 4.78 is 19.1. The minimum Gasteiger partial charge on any atom is -0.488 e. The second-order valence-corrected chi connectivity index (χ2v) is 5.04. The number of rotatable bonds is 4. The molecule has 0 heterocycles. The molecule has 21 heavy (non-hydrogen) atoms. The summed E-state index contributed by atoms with van der Waals surface area (Å²) >= 11 is 0. The van der Waals surface area contributed by atoms with Crippen molar-refractivity contribution in [2.75, 3.05) is 0 Å². The number of oxime groups is 1. The standard InChI is InChI=1S/C17H18FNO2/c1-11-4-7-16(13(3)19-20)17(8-11)21-10-14-9-15(18)6-5-12(14)2/h4-9,20H,10H2,1-3H3/b19-13-.